The van der Waals surface area contributed by atoms with Gasteiger partial charge in [-0.1, -0.05) is 0 Å². The summed E-state index contributed by atoms with van der Waals surface area (Å²) in [6, 6.07) is 2.59. The molecular formula is C17H23F2N3O4. The fourth-order valence-corrected chi connectivity index (χ4v) is 3.13. The summed E-state index contributed by atoms with van der Waals surface area (Å²) in [5, 5.41) is 9.35. The highest BCUT2D eigenvalue weighted by atomic mass is 19.1. The number of hydrogen-bond donors (Lipinski definition) is 2. The van der Waals surface area contributed by atoms with E-state index in [4.69, 9.17) is 14.6 Å². The molecule has 1 spiro atoms. The standard InChI is InChI=1S/C16H21F2N3O2.CH2O2/c1-20-6-4-16(5-7-20)11-21(8-9-23-16)15(22)19-14-10-12(17)2-3-13(14)18;2-1-3/h2-3,10H,4-9,11H2,1H3,(H,19,22);1H,(H,2,3). The molecule has 26 heavy (non-hydrogen) atoms. The molecule has 2 aliphatic rings. The van der Waals surface area contributed by atoms with Gasteiger partial charge in [-0.25, -0.2) is 13.6 Å². The van der Waals surface area contributed by atoms with E-state index in [0.717, 1.165) is 44.1 Å². The number of anilines is 1. The molecule has 0 radical (unpaired) electrons. The molecule has 1 aromatic carbocycles. The molecular weight excluding hydrogens is 348 g/mol. The predicted octanol–water partition coefficient (Wildman–Crippen LogP) is 1.99. The molecule has 9 heteroatoms. The van der Waals surface area contributed by atoms with Gasteiger partial charge in [0.25, 0.3) is 6.47 Å². The molecule has 2 heterocycles. The Hall–Kier alpha value is -2.26. The lowest BCUT2D eigenvalue weighted by Gasteiger charge is -2.46. The van der Waals surface area contributed by atoms with Gasteiger partial charge in [-0.3, -0.25) is 4.79 Å². The van der Waals surface area contributed by atoms with Crippen molar-refractivity contribution in [2.45, 2.75) is 18.4 Å². The van der Waals surface area contributed by atoms with Crippen molar-refractivity contribution >= 4 is 18.2 Å². The number of morpholine rings is 1. The zero-order valence-electron chi connectivity index (χ0n) is 14.6. The number of ether oxygens (including phenoxy) is 1. The Balaban J connectivity index is 0.000000758. The summed E-state index contributed by atoms with van der Waals surface area (Å²) in [5.41, 5.74) is -0.457. The third kappa shape index (κ3) is 5.12. The van der Waals surface area contributed by atoms with Gasteiger partial charge in [-0.2, -0.15) is 0 Å². The summed E-state index contributed by atoms with van der Waals surface area (Å²) in [5.74, 6) is -1.24. The maximum absolute atomic E-state index is 13.7. The van der Waals surface area contributed by atoms with Crippen molar-refractivity contribution in [2.75, 3.05) is 45.2 Å². The Bertz CT molecular complexity index is 636. The average molecular weight is 371 g/mol. The maximum Gasteiger partial charge on any atom is 0.322 e. The summed E-state index contributed by atoms with van der Waals surface area (Å²) >= 11 is 0. The zero-order valence-corrected chi connectivity index (χ0v) is 14.6. The fourth-order valence-electron chi connectivity index (χ4n) is 3.13. The topological polar surface area (TPSA) is 82.1 Å². The fraction of sp³-hybridized carbons (Fsp3) is 0.529. The number of likely N-dealkylation sites (tertiary alicyclic amines) is 1. The maximum atomic E-state index is 13.7. The molecule has 2 saturated heterocycles. The molecule has 2 fully saturated rings. The summed E-state index contributed by atoms with van der Waals surface area (Å²) in [7, 11) is 2.06. The Morgan fingerprint density at radius 2 is 1.96 bits per heavy atom. The second-order valence-electron chi connectivity index (χ2n) is 6.42. The van der Waals surface area contributed by atoms with Crippen LogP contribution < -0.4 is 5.32 Å². The quantitative estimate of drug-likeness (QED) is 0.738. The molecule has 2 amide bonds. The minimum Gasteiger partial charge on any atom is -0.483 e. The number of carbonyl (C=O) groups excluding carboxylic acids is 1. The second-order valence-corrected chi connectivity index (χ2v) is 6.42. The van der Waals surface area contributed by atoms with Crippen molar-refractivity contribution in [1.29, 1.82) is 0 Å². The van der Waals surface area contributed by atoms with Gasteiger partial charge >= 0.3 is 6.03 Å². The summed E-state index contributed by atoms with van der Waals surface area (Å²) in [6.07, 6.45) is 1.73. The molecule has 1 aromatic rings. The van der Waals surface area contributed by atoms with E-state index in [2.05, 4.69) is 17.3 Å². The average Bonchev–Trinajstić information content (AvgIpc) is 2.62. The Kier molecular flexibility index (Phi) is 6.87. The van der Waals surface area contributed by atoms with E-state index in [1.54, 1.807) is 4.90 Å². The number of carboxylic acid groups (broad SMARTS) is 1. The van der Waals surface area contributed by atoms with Gasteiger partial charge in [0.05, 0.1) is 24.4 Å². The number of hydrogen-bond acceptors (Lipinski definition) is 4. The van der Waals surface area contributed by atoms with Crippen LogP contribution in [0.25, 0.3) is 0 Å². The Morgan fingerprint density at radius 1 is 1.31 bits per heavy atom. The number of piperidine rings is 1. The number of halogens is 2. The van der Waals surface area contributed by atoms with E-state index < -0.39 is 17.7 Å². The molecule has 2 aliphatic heterocycles. The highest BCUT2D eigenvalue weighted by molar-refractivity contribution is 5.89. The van der Waals surface area contributed by atoms with Gasteiger partial charge in [0.15, 0.2) is 0 Å². The normalized spacial score (nSPS) is 19.4. The Labute approximate surface area is 150 Å². The highest BCUT2D eigenvalue weighted by Crippen LogP contribution is 2.30. The minimum absolute atomic E-state index is 0.140. The van der Waals surface area contributed by atoms with Crippen LogP contribution >= 0.6 is 0 Å². The van der Waals surface area contributed by atoms with Crippen LogP contribution in [0.5, 0.6) is 0 Å². The van der Waals surface area contributed by atoms with Gasteiger partial charge in [0.2, 0.25) is 0 Å². The second kappa shape index (κ2) is 8.91. The first kappa shape index (κ1) is 20.1. The van der Waals surface area contributed by atoms with Crippen LogP contribution in [0.15, 0.2) is 18.2 Å². The molecule has 2 N–H and O–H groups in total. The van der Waals surface area contributed by atoms with E-state index in [0.29, 0.717) is 19.7 Å². The molecule has 144 valence electrons. The third-order valence-corrected chi connectivity index (χ3v) is 4.60. The summed E-state index contributed by atoms with van der Waals surface area (Å²) in [4.78, 5) is 24.6. The number of benzene rings is 1. The first-order chi connectivity index (χ1) is 12.4. The van der Waals surface area contributed by atoms with Gasteiger partial charge in [-0.15, -0.1) is 0 Å². The van der Waals surface area contributed by atoms with Gasteiger partial charge in [-0.05, 0) is 32.0 Å². The first-order valence-corrected chi connectivity index (χ1v) is 8.30. The van der Waals surface area contributed by atoms with Crippen molar-refractivity contribution in [3.8, 4) is 0 Å². The lowest BCUT2D eigenvalue weighted by atomic mass is 9.89. The van der Waals surface area contributed by atoms with Gasteiger partial charge in [0.1, 0.15) is 11.6 Å². The van der Waals surface area contributed by atoms with Crippen LogP contribution in [-0.4, -0.2) is 72.8 Å². The van der Waals surface area contributed by atoms with E-state index in [1.807, 2.05) is 0 Å². The number of nitrogens with zero attached hydrogens (tertiary/aromatic N) is 2. The van der Waals surface area contributed by atoms with Crippen molar-refractivity contribution < 1.29 is 28.2 Å². The zero-order chi connectivity index (χ0) is 19.2. The van der Waals surface area contributed by atoms with E-state index in [-0.39, 0.29) is 17.8 Å². The molecule has 0 aromatic heterocycles. The van der Waals surface area contributed by atoms with Crippen molar-refractivity contribution in [1.82, 2.24) is 9.80 Å². The van der Waals surface area contributed by atoms with Crippen molar-refractivity contribution in [3.05, 3.63) is 29.8 Å². The molecule has 0 atom stereocenters. The molecule has 0 bridgehead atoms. The van der Waals surface area contributed by atoms with E-state index >= 15 is 0 Å². The van der Waals surface area contributed by atoms with E-state index in [1.165, 1.54) is 0 Å². The molecule has 7 nitrogen and oxygen atoms in total. The minimum atomic E-state index is -0.651. The lowest BCUT2D eigenvalue weighted by molar-refractivity contribution is -0.123. The largest absolute Gasteiger partial charge is 0.483 e. The number of carbonyl (C=O) groups is 2. The van der Waals surface area contributed by atoms with Crippen molar-refractivity contribution in [3.63, 3.8) is 0 Å². The summed E-state index contributed by atoms with van der Waals surface area (Å²) in [6.45, 7) is 2.98. The van der Waals surface area contributed by atoms with Crippen molar-refractivity contribution in [2.24, 2.45) is 0 Å². The van der Waals surface area contributed by atoms with Crippen LogP contribution in [0.2, 0.25) is 0 Å². The molecule has 0 saturated carbocycles. The SMILES string of the molecule is CN1CCC2(CC1)CN(C(=O)Nc1cc(F)ccc1F)CCO2.O=CO. The predicted molar refractivity (Wildman–Crippen MR) is 91.1 cm³/mol. The highest BCUT2D eigenvalue weighted by Gasteiger charge is 2.40. The van der Waals surface area contributed by atoms with Crippen LogP contribution in [-0.2, 0) is 9.53 Å². The molecule has 0 unspecified atom stereocenters. The number of urea groups is 1. The molecule has 0 aliphatic carbocycles. The number of rotatable bonds is 1. The number of nitrogens with one attached hydrogen (secondary N) is 1. The summed E-state index contributed by atoms with van der Waals surface area (Å²) < 4.78 is 32.8. The molecule has 3 rings (SSSR count). The monoisotopic (exact) mass is 371 g/mol. The van der Waals surface area contributed by atoms with Crippen LogP contribution in [0.3, 0.4) is 0 Å². The smallest absolute Gasteiger partial charge is 0.322 e. The first-order valence-electron chi connectivity index (χ1n) is 8.30. The Morgan fingerprint density at radius 3 is 2.62 bits per heavy atom. The van der Waals surface area contributed by atoms with Gasteiger partial charge in [0, 0.05) is 25.7 Å². The van der Waals surface area contributed by atoms with E-state index in [9.17, 15) is 13.6 Å². The lowest BCUT2D eigenvalue weighted by Crippen LogP contribution is -2.58. The van der Waals surface area contributed by atoms with Crippen LogP contribution in [0.4, 0.5) is 19.3 Å². The third-order valence-electron chi connectivity index (χ3n) is 4.60. The number of amides is 2. The van der Waals surface area contributed by atoms with Crippen LogP contribution in [0.1, 0.15) is 12.8 Å². The van der Waals surface area contributed by atoms with Gasteiger partial charge < -0.3 is 25.0 Å². The van der Waals surface area contributed by atoms with Crippen LogP contribution in [0, 0.1) is 11.6 Å².